The number of nitrogens with zero attached hydrogens (tertiary/aromatic N) is 1. The van der Waals surface area contributed by atoms with Crippen molar-refractivity contribution in [3.8, 4) is 5.88 Å². The minimum Gasteiger partial charge on any atom is -0.469 e. The molecular weight excluding hydrogens is 192 g/mol. The van der Waals surface area contributed by atoms with Crippen molar-refractivity contribution < 1.29 is 18.0 Å². The van der Waals surface area contributed by atoms with Gasteiger partial charge >= 0.3 is 0 Å². The van der Waals surface area contributed by atoms with Gasteiger partial charge in [-0.1, -0.05) is 20.8 Å². The Morgan fingerprint density at radius 3 is 2.64 bits per heavy atom. The van der Waals surface area contributed by atoms with Gasteiger partial charge in [-0.2, -0.15) is 0 Å². The molecule has 0 N–H and O–H groups in total. The number of hydrogen-bond donors (Lipinski definition) is 0. The molecular formula is C9H13F2NO2. The van der Waals surface area contributed by atoms with Crippen molar-refractivity contribution in [2.75, 3.05) is 6.61 Å². The van der Waals surface area contributed by atoms with Crippen LogP contribution in [-0.2, 0) is 5.41 Å². The number of aromatic nitrogens is 1. The molecule has 0 saturated carbocycles. The fourth-order valence-electron chi connectivity index (χ4n) is 0.970. The van der Waals surface area contributed by atoms with Crippen molar-refractivity contribution in [1.29, 1.82) is 0 Å². The van der Waals surface area contributed by atoms with Gasteiger partial charge in [0.1, 0.15) is 6.26 Å². The van der Waals surface area contributed by atoms with Crippen LogP contribution in [0, 0.1) is 0 Å². The van der Waals surface area contributed by atoms with Crippen LogP contribution in [0.1, 0.15) is 26.3 Å². The highest BCUT2D eigenvalue weighted by Crippen LogP contribution is 2.30. The lowest BCUT2D eigenvalue weighted by Crippen LogP contribution is -2.14. The second-order valence-electron chi connectivity index (χ2n) is 3.99. The summed E-state index contributed by atoms with van der Waals surface area (Å²) in [5.41, 5.74) is 0.468. The van der Waals surface area contributed by atoms with Crippen LogP contribution in [0.3, 0.4) is 0 Å². The molecule has 0 atom stereocenters. The molecule has 1 aromatic heterocycles. The summed E-state index contributed by atoms with van der Waals surface area (Å²) in [5.74, 6) is 0.151. The van der Waals surface area contributed by atoms with Gasteiger partial charge < -0.3 is 9.26 Å². The highest BCUT2D eigenvalue weighted by molar-refractivity contribution is 5.28. The number of ether oxygens (including phenoxy) is 1. The maximum Gasteiger partial charge on any atom is 0.272 e. The zero-order valence-electron chi connectivity index (χ0n) is 8.38. The van der Waals surface area contributed by atoms with Crippen LogP contribution in [0.4, 0.5) is 8.78 Å². The lowest BCUT2D eigenvalue weighted by molar-refractivity contribution is 0.0768. The van der Waals surface area contributed by atoms with Gasteiger partial charge in [-0.15, -0.1) is 0 Å². The van der Waals surface area contributed by atoms with Crippen molar-refractivity contribution >= 4 is 0 Å². The van der Waals surface area contributed by atoms with E-state index in [9.17, 15) is 8.78 Å². The molecule has 80 valence electrons. The molecule has 1 aromatic rings. The van der Waals surface area contributed by atoms with Gasteiger partial charge in [-0.3, -0.25) is 0 Å². The van der Waals surface area contributed by atoms with Crippen molar-refractivity contribution in [2.24, 2.45) is 0 Å². The molecule has 0 aliphatic heterocycles. The second-order valence-corrected chi connectivity index (χ2v) is 3.99. The molecule has 0 aliphatic carbocycles. The molecule has 1 rings (SSSR count). The summed E-state index contributed by atoms with van der Waals surface area (Å²) in [5, 5.41) is 3.52. The van der Waals surface area contributed by atoms with E-state index in [4.69, 9.17) is 4.74 Å². The van der Waals surface area contributed by atoms with Crippen molar-refractivity contribution in [1.82, 2.24) is 5.16 Å². The normalized spacial score (nSPS) is 12.1. The first kappa shape index (κ1) is 10.9. The SMILES string of the molecule is CC(C)(C)c1conc1OCC(F)F. The summed E-state index contributed by atoms with van der Waals surface area (Å²) < 4.78 is 33.2. The van der Waals surface area contributed by atoms with Gasteiger partial charge in [0, 0.05) is 0 Å². The molecule has 1 heterocycles. The average Bonchev–Trinajstić information content (AvgIpc) is 2.46. The quantitative estimate of drug-likeness (QED) is 0.760. The van der Waals surface area contributed by atoms with E-state index in [-0.39, 0.29) is 11.3 Å². The first-order valence-electron chi connectivity index (χ1n) is 4.27. The Kier molecular flexibility index (Phi) is 3.08. The lowest BCUT2D eigenvalue weighted by atomic mass is 9.89. The lowest BCUT2D eigenvalue weighted by Gasteiger charge is -2.16. The van der Waals surface area contributed by atoms with E-state index in [1.807, 2.05) is 20.8 Å². The molecule has 0 unspecified atom stereocenters. The van der Waals surface area contributed by atoms with Crippen molar-refractivity contribution in [3.05, 3.63) is 11.8 Å². The van der Waals surface area contributed by atoms with Gasteiger partial charge in [0.25, 0.3) is 12.3 Å². The summed E-state index contributed by atoms with van der Waals surface area (Å²) >= 11 is 0. The summed E-state index contributed by atoms with van der Waals surface area (Å²) in [6.07, 6.45) is -1.08. The van der Waals surface area contributed by atoms with Crippen LogP contribution in [0.25, 0.3) is 0 Å². The predicted octanol–water partition coefficient (Wildman–Crippen LogP) is 2.62. The van der Waals surface area contributed by atoms with E-state index >= 15 is 0 Å². The van der Waals surface area contributed by atoms with Crippen molar-refractivity contribution in [3.63, 3.8) is 0 Å². The van der Waals surface area contributed by atoms with Crippen LogP contribution in [0.15, 0.2) is 10.8 Å². The maximum absolute atomic E-state index is 11.9. The average molecular weight is 205 g/mol. The summed E-state index contributed by atoms with van der Waals surface area (Å²) in [6.45, 7) is 5.12. The highest BCUT2D eigenvalue weighted by Gasteiger charge is 2.23. The molecule has 0 amide bonds. The topological polar surface area (TPSA) is 35.3 Å². The molecule has 0 saturated heterocycles. The molecule has 0 radical (unpaired) electrons. The van der Waals surface area contributed by atoms with E-state index in [0.29, 0.717) is 5.56 Å². The first-order chi connectivity index (χ1) is 6.41. The highest BCUT2D eigenvalue weighted by atomic mass is 19.3. The van der Waals surface area contributed by atoms with Gasteiger partial charge in [0.2, 0.25) is 0 Å². The Labute approximate surface area is 81.0 Å². The van der Waals surface area contributed by atoms with E-state index in [2.05, 4.69) is 9.68 Å². The minimum atomic E-state index is -2.50. The number of alkyl halides is 2. The fraction of sp³-hybridized carbons (Fsp3) is 0.667. The van der Waals surface area contributed by atoms with Crippen LogP contribution < -0.4 is 4.74 Å². The number of halogens is 2. The summed E-state index contributed by atoms with van der Waals surface area (Å²) in [4.78, 5) is 0. The van der Waals surface area contributed by atoms with Gasteiger partial charge in [0.15, 0.2) is 6.61 Å². The van der Waals surface area contributed by atoms with E-state index in [0.717, 1.165) is 0 Å². The maximum atomic E-state index is 11.9. The number of rotatable bonds is 3. The zero-order valence-corrected chi connectivity index (χ0v) is 8.38. The summed E-state index contributed by atoms with van der Waals surface area (Å²) in [7, 11) is 0. The molecule has 5 heteroatoms. The second kappa shape index (κ2) is 3.94. The van der Waals surface area contributed by atoms with E-state index in [1.165, 1.54) is 6.26 Å². The third-order valence-electron chi connectivity index (χ3n) is 1.69. The first-order valence-corrected chi connectivity index (χ1v) is 4.27. The smallest absolute Gasteiger partial charge is 0.272 e. The Morgan fingerprint density at radius 2 is 2.14 bits per heavy atom. The molecule has 0 spiro atoms. The van der Waals surface area contributed by atoms with Crippen LogP contribution >= 0.6 is 0 Å². The monoisotopic (exact) mass is 205 g/mol. The predicted molar refractivity (Wildman–Crippen MR) is 46.7 cm³/mol. The summed E-state index contributed by atoms with van der Waals surface area (Å²) in [6, 6.07) is 0. The zero-order chi connectivity index (χ0) is 10.8. The Bertz CT molecular complexity index is 291. The molecule has 14 heavy (non-hydrogen) atoms. The van der Waals surface area contributed by atoms with Gasteiger partial charge in [-0.05, 0) is 10.6 Å². The third-order valence-corrected chi connectivity index (χ3v) is 1.69. The van der Waals surface area contributed by atoms with Gasteiger partial charge in [-0.25, -0.2) is 8.78 Å². The fourth-order valence-corrected chi connectivity index (χ4v) is 0.970. The number of hydrogen-bond acceptors (Lipinski definition) is 3. The van der Waals surface area contributed by atoms with E-state index < -0.39 is 13.0 Å². The molecule has 0 aromatic carbocycles. The standard InChI is InChI=1S/C9H13F2NO2/c1-9(2,3)6-4-14-12-8(6)13-5-7(10)11/h4,7H,5H2,1-3H3. The Balaban J connectivity index is 2.73. The van der Waals surface area contributed by atoms with Crippen LogP contribution in [-0.4, -0.2) is 18.2 Å². The molecule has 0 aliphatic rings. The van der Waals surface area contributed by atoms with Gasteiger partial charge in [0.05, 0.1) is 5.56 Å². The molecule has 3 nitrogen and oxygen atoms in total. The van der Waals surface area contributed by atoms with E-state index in [1.54, 1.807) is 0 Å². The Morgan fingerprint density at radius 1 is 1.50 bits per heavy atom. The molecule has 0 fully saturated rings. The third kappa shape index (κ3) is 2.68. The largest absolute Gasteiger partial charge is 0.469 e. The minimum absolute atomic E-state index is 0.151. The van der Waals surface area contributed by atoms with Crippen LogP contribution in [0.5, 0.6) is 5.88 Å². The Hall–Kier alpha value is -1.13. The molecule has 0 bridgehead atoms. The van der Waals surface area contributed by atoms with Crippen LogP contribution in [0.2, 0.25) is 0 Å². The van der Waals surface area contributed by atoms with Crippen molar-refractivity contribution in [2.45, 2.75) is 32.6 Å².